The zero-order valence-electron chi connectivity index (χ0n) is 12.6. The van der Waals surface area contributed by atoms with E-state index in [1.54, 1.807) is 12.4 Å². The molecule has 0 aromatic carbocycles. The second kappa shape index (κ2) is 6.10. The lowest BCUT2D eigenvalue weighted by molar-refractivity contribution is 0.184. The second-order valence-corrected chi connectivity index (χ2v) is 6.60. The van der Waals surface area contributed by atoms with Gasteiger partial charge in [0.1, 0.15) is 0 Å². The van der Waals surface area contributed by atoms with Crippen LogP contribution in [0.15, 0.2) is 24.5 Å². The molecule has 21 heavy (non-hydrogen) atoms. The Bertz CT molecular complexity index is 644. The van der Waals surface area contributed by atoms with E-state index >= 15 is 0 Å². The lowest BCUT2D eigenvalue weighted by Gasteiger charge is -2.35. The zero-order chi connectivity index (χ0) is 14.8. The number of hydrogen-bond donors (Lipinski definition) is 1. The van der Waals surface area contributed by atoms with Crippen molar-refractivity contribution in [1.82, 2.24) is 19.7 Å². The molecule has 0 radical (unpaired) electrons. The standard InChI is InChI=1S/C16H22N4S/c1-11(2)13-5-3-4-6-14(13)20-15(18-19-16(20)21)12-7-9-17-10-8-12/h7-11,13-14H,3-6H2,1-2H3,(H,19,21). The van der Waals surface area contributed by atoms with Crippen molar-refractivity contribution in [1.29, 1.82) is 0 Å². The Kier molecular flexibility index (Phi) is 4.19. The summed E-state index contributed by atoms with van der Waals surface area (Å²) in [5, 5.41) is 7.46. The molecule has 2 aromatic rings. The Balaban J connectivity index is 2.05. The van der Waals surface area contributed by atoms with Crippen molar-refractivity contribution in [3.05, 3.63) is 29.3 Å². The summed E-state index contributed by atoms with van der Waals surface area (Å²) in [4.78, 5) is 4.09. The van der Waals surface area contributed by atoms with E-state index in [2.05, 4.69) is 33.6 Å². The molecule has 5 heteroatoms. The maximum Gasteiger partial charge on any atom is 0.195 e. The Labute approximate surface area is 130 Å². The molecule has 1 aliphatic rings. The van der Waals surface area contributed by atoms with Crippen molar-refractivity contribution in [3.8, 4) is 11.4 Å². The molecule has 0 bridgehead atoms. The van der Waals surface area contributed by atoms with E-state index < -0.39 is 0 Å². The molecule has 3 rings (SSSR count). The maximum atomic E-state index is 5.52. The highest BCUT2D eigenvalue weighted by molar-refractivity contribution is 7.71. The van der Waals surface area contributed by atoms with Crippen LogP contribution in [0.3, 0.4) is 0 Å². The van der Waals surface area contributed by atoms with Crippen LogP contribution in [0.25, 0.3) is 11.4 Å². The molecule has 0 spiro atoms. The number of nitrogens with one attached hydrogen (secondary N) is 1. The lowest BCUT2D eigenvalue weighted by atomic mass is 9.77. The molecule has 2 unspecified atom stereocenters. The minimum absolute atomic E-state index is 0.452. The average molecular weight is 302 g/mol. The highest BCUT2D eigenvalue weighted by atomic mass is 32.1. The van der Waals surface area contributed by atoms with Crippen molar-refractivity contribution in [3.63, 3.8) is 0 Å². The van der Waals surface area contributed by atoms with Crippen LogP contribution in [-0.2, 0) is 0 Å². The minimum Gasteiger partial charge on any atom is -0.297 e. The number of aromatic nitrogens is 4. The smallest absolute Gasteiger partial charge is 0.195 e. The van der Waals surface area contributed by atoms with Gasteiger partial charge in [-0.05, 0) is 49.0 Å². The van der Waals surface area contributed by atoms with E-state index in [1.165, 1.54) is 25.7 Å². The summed E-state index contributed by atoms with van der Waals surface area (Å²) in [5.74, 6) is 2.28. The lowest BCUT2D eigenvalue weighted by Crippen LogP contribution is -2.27. The van der Waals surface area contributed by atoms with E-state index in [4.69, 9.17) is 12.2 Å². The van der Waals surface area contributed by atoms with Gasteiger partial charge >= 0.3 is 0 Å². The minimum atomic E-state index is 0.452. The average Bonchev–Trinajstić information content (AvgIpc) is 2.89. The number of nitrogens with zero attached hydrogens (tertiary/aromatic N) is 3. The molecule has 1 aliphatic carbocycles. The van der Waals surface area contributed by atoms with Gasteiger partial charge in [-0.15, -0.1) is 0 Å². The molecule has 1 N–H and O–H groups in total. The zero-order valence-corrected chi connectivity index (χ0v) is 13.4. The number of rotatable bonds is 3. The SMILES string of the molecule is CC(C)C1CCCCC1n1c(-c2ccncc2)n[nH]c1=S. The normalized spacial score (nSPS) is 22.6. The van der Waals surface area contributed by atoms with Crippen molar-refractivity contribution >= 4 is 12.2 Å². The molecule has 0 saturated heterocycles. The quantitative estimate of drug-likeness (QED) is 0.855. The summed E-state index contributed by atoms with van der Waals surface area (Å²) in [6.45, 7) is 4.64. The molecule has 112 valence electrons. The van der Waals surface area contributed by atoms with Gasteiger partial charge in [0, 0.05) is 24.0 Å². The van der Waals surface area contributed by atoms with Gasteiger partial charge in [0.05, 0.1) is 0 Å². The molecule has 1 fully saturated rings. The van der Waals surface area contributed by atoms with Crippen molar-refractivity contribution in [2.45, 2.75) is 45.6 Å². The first kappa shape index (κ1) is 14.4. The second-order valence-electron chi connectivity index (χ2n) is 6.22. The van der Waals surface area contributed by atoms with Gasteiger partial charge in [-0.3, -0.25) is 14.6 Å². The van der Waals surface area contributed by atoms with Crippen molar-refractivity contribution < 1.29 is 0 Å². The third kappa shape index (κ3) is 2.79. The van der Waals surface area contributed by atoms with Crippen LogP contribution < -0.4 is 0 Å². The van der Waals surface area contributed by atoms with Gasteiger partial charge in [-0.25, -0.2) is 0 Å². The van der Waals surface area contributed by atoms with Crippen LogP contribution in [-0.4, -0.2) is 19.7 Å². The molecular weight excluding hydrogens is 280 g/mol. The Morgan fingerprint density at radius 2 is 1.95 bits per heavy atom. The van der Waals surface area contributed by atoms with E-state index in [0.717, 1.165) is 16.2 Å². The summed E-state index contributed by atoms with van der Waals surface area (Å²) in [5.41, 5.74) is 1.07. The molecular formula is C16H22N4S. The fraction of sp³-hybridized carbons (Fsp3) is 0.562. The summed E-state index contributed by atoms with van der Waals surface area (Å²) in [6, 6.07) is 4.44. The number of pyridine rings is 1. The molecule has 4 nitrogen and oxygen atoms in total. The highest BCUT2D eigenvalue weighted by Gasteiger charge is 2.31. The highest BCUT2D eigenvalue weighted by Crippen LogP contribution is 2.40. The topological polar surface area (TPSA) is 46.5 Å². The molecule has 2 aromatic heterocycles. The number of H-pyrrole nitrogens is 1. The largest absolute Gasteiger partial charge is 0.297 e. The first-order valence-corrected chi connectivity index (χ1v) is 8.16. The van der Waals surface area contributed by atoms with Gasteiger partial charge in [-0.1, -0.05) is 26.7 Å². The molecule has 0 amide bonds. The summed E-state index contributed by atoms with van der Waals surface area (Å²) in [6.07, 6.45) is 8.68. The Morgan fingerprint density at radius 3 is 2.67 bits per heavy atom. The Hall–Kier alpha value is -1.49. The third-order valence-corrected chi connectivity index (χ3v) is 4.90. The van der Waals surface area contributed by atoms with Gasteiger partial charge in [0.2, 0.25) is 0 Å². The van der Waals surface area contributed by atoms with Gasteiger partial charge in [0.15, 0.2) is 10.6 Å². The number of hydrogen-bond acceptors (Lipinski definition) is 3. The van der Waals surface area contributed by atoms with Crippen molar-refractivity contribution in [2.75, 3.05) is 0 Å². The number of aromatic amines is 1. The summed E-state index contributed by atoms with van der Waals surface area (Å²) >= 11 is 5.52. The maximum absolute atomic E-state index is 5.52. The van der Waals surface area contributed by atoms with Gasteiger partial charge in [-0.2, -0.15) is 5.10 Å². The van der Waals surface area contributed by atoms with E-state index in [0.29, 0.717) is 17.9 Å². The van der Waals surface area contributed by atoms with E-state index in [-0.39, 0.29) is 0 Å². The Morgan fingerprint density at radius 1 is 1.24 bits per heavy atom. The van der Waals surface area contributed by atoms with Crippen LogP contribution in [0.5, 0.6) is 0 Å². The fourth-order valence-electron chi connectivity index (χ4n) is 3.56. The van der Waals surface area contributed by atoms with E-state index in [1.807, 2.05) is 12.1 Å². The fourth-order valence-corrected chi connectivity index (χ4v) is 3.82. The monoisotopic (exact) mass is 302 g/mol. The van der Waals surface area contributed by atoms with Gasteiger partial charge in [0.25, 0.3) is 0 Å². The van der Waals surface area contributed by atoms with Crippen LogP contribution in [0.4, 0.5) is 0 Å². The van der Waals surface area contributed by atoms with Crippen LogP contribution in [0.1, 0.15) is 45.6 Å². The van der Waals surface area contributed by atoms with Gasteiger partial charge < -0.3 is 0 Å². The molecule has 2 atom stereocenters. The predicted molar refractivity (Wildman–Crippen MR) is 86.5 cm³/mol. The van der Waals surface area contributed by atoms with E-state index in [9.17, 15) is 0 Å². The van der Waals surface area contributed by atoms with Crippen LogP contribution in [0.2, 0.25) is 0 Å². The molecule has 1 saturated carbocycles. The summed E-state index contributed by atoms with van der Waals surface area (Å²) in [7, 11) is 0. The predicted octanol–water partition coefficient (Wildman–Crippen LogP) is 4.39. The summed E-state index contributed by atoms with van der Waals surface area (Å²) < 4.78 is 2.98. The molecule has 2 heterocycles. The van der Waals surface area contributed by atoms with Crippen LogP contribution in [0, 0.1) is 16.6 Å². The molecule has 0 aliphatic heterocycles. The first-order valence-electron chi connectivity index (χ1n) is 7.76. The third-order valence-electron chi connectivity index (χ3n) is 4.61. The van der Waals surface area contributed by atoms with Crippen LogP contribution >= 0.6 is 12.2 Å². The first-order chi connectivity index (χ1) is 10.2. The van der Waals surface area contributed by atoms with Crippen molar-refractivity contribution in [2.24, 2.45) is 11.8 Å².